The Labute approximate surface area is 464 Å². The Morgan fingerprint density at radius 1 is 0.612 bits per heavy atom. The molecule has 0 fully saturated rings. The molecule has 0 aliphatic carbocycles. The first-order valence-electron chi connectivity index (χ1n) is 17.1. The molecule has 7 rings (SSSR count). The summed E-state index contributed by atoms with van der Waals surface area (Å²) in [6, 6.07) is 15.6. The van der Waals surface area contributed by atoms with Crippen molar-refractivity contribution in [2.45, 2.75) is 16.7 Å². The van der Waals surface area contributed by atoms with Gasteiger partial charge in [-0.05, 0) is 54.6 Å². The molecule has 67 heavy (non-hydrogen) atoms. The summed E-state index contributed by atoms with van der Waals surface area (Å²) >= 11 is 0. The predicted molar refractivity (Wildman–Crippen MR) is 203 cm³/mol. The topological polar surface area (TPSA) is 371 Å². The van der Waals surface area contributed by atoms with Crippen LogP contribution in [-0.2, 0) is 54.4 Å². The fraction of sp³-hybridized carbons (Fsp3) is 0.0263. The van der Waals surface area contributed by atoms with Crippen molar-refractivity contribution in [3.05, 3.63) is 118 Å². The van der Waals surface area contributed by atoms with Crippen LogP contribution in [0.2, 0.25) is 0 Å². The maximum Gasteiger partial charge on any atom is 2.00 e. The third-order valence-corrected chi connectivity index (χ3v) is 10.6. The van der Waals surface area contributed by atoms with E-state index in [1.54, 1.807) is 0 Å². The van der Waals surface area contributed by atoms with Crippen molar-refractivity contribution < 1.29 is 184 Å². The number of aromatic carboxylic acids is 2. The van der Waals surface area contributed by atoms with Gasteiger partial charge in [0.2, 0.25) is 0 Å². The standard InChI is InChI=1S/C38H26N8O14S2.2Cu.3Na/c1-17-33(42-40-27-5-3-2-4-23(27)37(51)52)36(50)46(45-17)19-7-9-22-25(13-19)32(62(58,59)60)16-31(49)35(22)44-43-34-21-10-8-20(61(55,56)57)14-24(21)28(15-30(34)48)41-39-18-6-11-29(47)26(12-18)38(53)54;;;;;/h2-16H,1H3,(H8,39,40,41,42,43,44,45,47,48,49,50,51,52,53,54,55,56,57,58,59,60);;;;;/q;2*+2;3*+1/p-7. The maximum absolute atomic E-state index is 13.5. The smallest absolute Gasteiger partial charge is 0.872 e. The summed E-state index contributed by atoms with van der Waals surface area (Å²) in [5, 5.41) is 85.7. The van der Waals surface area contributed by atoms with Crippen molar-refractivity contribution in [3.63, 3.8) is 0 Å². The summed E-state index contributed by atoms with van der Waals surface area (Å²) in [4.78, 5) is 34.6. The molecule has 7 aromatic rings. The van der Waals surface area contributed by atoms with Crippen molar-refractivity contribution in [2.75, 3.05) is 0 Å². The van der Waals surface area contributed by atoms with Gasteiger partial charge in [-0.2, -0.15) is 15.3 Å². The molecule has 0 spiro atoms. The Hall–Kier alpha value is -4.15. The second-order valence-electron chi connectivity index (χ2n) is 12.9. The van der Waals surface area contributed by atoms with Gasteiger partial charge >= 0.3 is 129 Å². The van der Waals surface area contributed by atoms with Gasteiger partial charge in [-0.3, -0.25) is 4.79 Å². The minimum Gasteiger partial charge on any atom is -0.872 e. The third-order valence-electron chi connectivity index (χ3n) is 8.93. The molecule has 332 valence electrons. The molecule has 29 heteroatoms. The van der Waals surface area contributed by atoms with Gasteiger partial charge in [0, 0.05) is 32.8 Å². The van der Waals surface area contributed by atoms with Gasteiger partial charge in [-0.1, -0.05) is 60.6 Å². The Morgan fingerprint density at radius 3 is 1.81 bits per heavy atom. The molecule has 6 aromatic carbocycles. The Bertz CT molecular complexity index is 3480. The Kier molecular flexibility index (Phi) is 20.6. The normalized spacial score (nSPS) is 11.4. The van der Waals surface area contributed by atoms with E-state index in [1.165, 1.54) is 37.3 Å². The predicted octanol–water partition coefficient (Wildman–Crippen LogP) is -5.25. The molecular weight excluding hydrogens is 1050 g/mol. The summed E-state index contributed by atoms with van der Waals surface area (Å²) in [5.41, 5.74) is -4.12. The molecular formula is C38H19Cu2N8Na3O14S2. The number of aryl methyl sites for hydroxylation is 1. The number of rotatable bonds is 11. The average molecular weight is 1070 g/mol. The van der Waals surface area contributed by atoms with Gasteiger partial charge in [-0.15, -0.1) is 21.0 Å². The van der Waals surface area contributed by atoms with Crippen molar-refractivity contribution in [2.24, 2.45) is 30.7 Å². The van der Waals surface area contributed by atoms with E-state index < -0.39 is 87.1 Å². The van der Waals surface area contributed by atoms with E-state index in [0.29, 0.717) is 6.07 Å². The van der Waals surface area contributed by atoms with Crippen LogP contribution in [0.15, 0.2) is 136 Å². The van der Waals surface area contributed by atoms with Crippen LogP contribution in [0.1, 0.15) is 26.4 Å². The van der Waals surface area contributed by atoms with Crippen LogP contribution < -0.4 is 120 Å². The van der Waals surface area contributed by atoms with Gasteiger partial charge in [0.25, 0.3) is 5.56 Å². The van der Waals surface area contributed by atoms with Gasteiger partial charge in [0.1, 0.15) is 25.9 Å². The fourth-order valence-corrected chi connectivity index (χ4v) is 7.24. The minimum atomic E-state index is -5.39. The number of carboxylic acids is 2. The molecule has 0 amide bonds. The molecule has 0 saturated heterocycles. The van der Waals surface area contributed by atoms with E-state index in [9.17, 15) is 65.9 Å². The van der Waals surface area contributed by atoms with Crippen LogP contribution in [0.4, 0.5) is 34.1 Å². The van der Waals surface area contributed by atoms with E-state index in [1.807, 2.05) is 0 Å². The van der Waals surface area contributed by atoms with Gasteiger partial charge in [0.05, 0.1) is 49.8 Å². The quantitative estimate of drug-likeness (QED) is 0.0719. The molecule has 1 N–H and O–H groups in total. The molecule has 0 bridgehead atoms. The number of carbonyl (C=O) groups is 2. The summed E-state index contributed by atoms with van der Waals surface area (Å²) < 4.78 is 73.8. The monoisotopic (exact) mass is 1070 g/mol. The number of benzene rings is 6. The third kappa shape index (κ3) is 12.6. The SMILES string of the molecule is Cc1[n-]n(-c2ccc3c(N=Nc4c([O-])cc(N=Nc5ccc([O-])c(C(=O)O)c5)c5cc(S(=O)(=O)[O-])ccc45)c([O-])cc(S(=O)(=O)[O-])c3c2)c(=O)c1N=Nc1ccccc1C(=O)[O-].[Cu+2].[Cu+2].[Na+].[Na+].[Na+]. The summed E-state index contributed by atoms with van der Waals surface area (Å²) in [7, 11) is -10.5. The van der Waals surface area contributed by atoms with E-state index in [-0.39, 0.29) is 179 Å². The molecule has 2 radical (unpaired) electrons. The molecule has 0 saturated carbocycles. The van der Waals surface area contributed by atoms with Crippen LogP contribution in [0.3, 0.4) is 0 Å². The van der Waals surface area contributed by atoms with Crippen LogP contribution in [0, 0.1) is 6.92 Å². The van der Waals surface area contributed by atoms with E-state index in [4.69, 9.17) is 0 Å². The number of fused-ring (bicyclic) bond motifs is 2. The van der Waals surface area contributed by atoms with Crippen molar-refractivity contribution in [3.8, 4) is 22.9 Å². The second-order valence-corrected chi connectivity index (χ2v) is 15.6. The van der Waals surface area contributed by atoms with Crippen molar-refractivity contribution >= 4 is 87.8 Å². The first kappa shape index (κ1) is 59.0. The van der Waals surface area contributed by atoms with E-state index in [2.05, 4.69) is 35.8 Å². The van der Waals surface area contributed by atoms with Gasteiger partial charge in [-0.25, -0.2) is 21.6 Å². The molecule has 1 heterocycles. The van der Waals surface area contributed by atoms with E-state index in [0.717, 1.165) is 59.3 Å². The van der Waals surface area contributed by atoms with Gasteiger partial charge < -0.3 is 49.2 Å². The molecule has 0 unspecified atom stereocenters. The zero-order valence-electron chi connectivity index (χ0n) is 34.4. The minimum absolute atomic E-state index is 0. The van der Waals surface area contributed by atoms with Gasteiger partial charge in [0.15, 0.2) is 0 Å². The number of hydrogen-bond acceptors (Lipinski definition) is 19. The van der Waals surface area contributed by atoms with Crippen LogP contribution in [0.25, 0.3) is 27.2 Å². The molecule has 1 aromatic heterocycles. The summed E-state index contributed by atoms with van der Waals surface area (Å²) in [6.07, 6.45) is 0. The summed E-state index contributed by atoms with van der Waals surface area (Å²) in [6.45, 7) is 1.38. The van der Waals surface area contributed by atoms with Crippen LogP contribution >= 0.6 is 0 Å². The number of carboxylic acid groups (broad SMARTS) is 2. The fourth-order valence-electron chi connectivity index (χ4n) is 6.05. The molecule has 0 aliphatic heterocycles. The molecule has 0 atom stereocenters. The largest absolute Gasteiger partial charge is 2.00 e. The van der Waals surface area contributed by atoms with Crippen LogP contribution in [-0.4, -0.2) is 47.7 Å². The molecule has 22 nitrogen and oxygen atoms in total. The average Bonchev–Trinajstić information content (AvgIpc) is 3.50. The second kappa shape index (κ2) is 23.4. The first-order chi connectivity index (χ1) is 29.2. The molecule has 0 aliphatic rings. The van der Waals surface area contributed by atoms with E-state index >= 15 is 0 Å². The number of hydrogen-bond donors (Lipinski definition) is 1. The summed E-state index contributed by atoms with van der Waals surface area (Å²) in [5.74, 6) is -6.06. The number of azo groups is 3. The first-order valence-corrected chi connectivity index (χ1v) is 19.9. The maximum atomic E-state index is 13.5. The Balaban J connectivity index is 0.00000308. The number of nitrogens with zero attached hydrogens (tertiary/aromatic N) is 8. The zero-order chi connectivity index (χ0) is 44.8. The van der Waals surface area contributed by atoms with Crippen LogP contribution in [0.5, 0.6) is 17.2 Å². The van der Waals surface area contributed by atoms with Crippen molar-refractivity contribution in [1.82, 2.24) is 9.78 Å². The Morgan fingerprint density at radius 2 is 1.19 bits per heavy atom. The number of carbonyl (C=O) groups excluding carboxylic acids is 1. The number of aromatic nitrogens is 2. The zero-order valence-corrected chi connectivity index (χ0v) is 43.9. The van der Waals surface area contributed by atoms with Crippen molar-refractivity contribution in [1.29, 1.82) is 0 Å².